The smallest absolute Gasteiger partial charge is 0.246 e. The summed E-state index contributed by atoms with van der Waals surface area (Å²) in [5, 5.41) is 18.9. The van der Waals surface area contributed by atoms with E-state index in [0.29, 0.717) is 64.7 Å². The van der Waals surface area contributed by atoms with Gasteiger partial charge in [-0.3, -0.25) is 24.0 Å². The molecule has 2 aliphatic carbocycles. The van der Waals surface area contributed by atoms with Crippen LogP contribution >= 0.6 is 0 Å². The van der Waals surface area contributed by atoms with Crippen LogP contribution in [-0.2, 0) is 33.4 Å². The molecule has 0 bridgehead atoms. The van der Waals surface area contributed by atoms with Crippen molar-refractivity contribution in [1.82, 2.24) is 41.7 Å². The predicted molar refractivity (Wildman–Crippen MR) is 252 cm³/mol. The highest BCUT2D eigenvalue weighted by molar-refractivity contribution is 5.94. The zero-order valence-corrected chi connectivity index (χ0v) is 41.4. The molecule has 8 atom stereocenters. The van der Waals surface area contributed by atoms with Gasteiger partial charge in [0.1, 0.15) is 18.1 Å². The molecule has 6 N–H and O–H groups in total. The zero-order chi connectivity index (χ0) is 47.2. The van der Waals surface area contributed by atoms with Gasteiger partial charge in [-0.1, -0.05) is 86.6 Å². The van der Waals surface area contributed by atoms with E-state index >= 15 is 0 Å². The maximum atomic E-state index is 14.2. The second-order valence-corrected chi connectivity index (χ2v) is 21.3. The third-order valence-corrected chi connectivity index (χ3v) is 14.4. The van der Waals surface area contributed by atoms with E-state index in [1.807, 2.05) is 27.7 Å². The molecule has 366 valence electrons. The number of carbonyl (C=O) groups is 5. The molecule has 0 aromatic carbocycles. The summed E-state index contributed by atoms with van der Waals surface area (Å²) >= 11 is 0. The van der Waals surface area contributed by atoms with Crippen LogP contribution in [-0.4, -0.2) is 141 Å². The van der Waals surface area contributed by atoms with Crippen molar-refractivity contribution in [3.05, 3.63) is 12.3 Å². The Labute approximate surface area is 385 Å². The highest BCUT2D eigenvalue weighted by Gasteiger charge is 2.44. The highest BCUT2D eigenvalue weighted by Crippen LogP contribution is 2.33. The summed E-state index contributed by atoms with van der Waals surface area (Å²) in [7, 11) is 3.47. The number of hydrogen-bond acceptors (Lipinski definition) is 10. The Hall–Kier alpha value is -3.27. The number of amides is 5. The minimum atomic E-state index is -0.774. The van der Waals surface area contributed by atoms with Crippen molar-refractivity contribution in [2.75, 3.05) is 53.6 Å². The molecule has 0 radical (unpaired) electrons. The number of rotatable bonds is 22. The molecule has 0 aromatic heterocycles. The molecule has 0 spiro atoms. The molecule has 2 aliphatic heterocycles. The summed E-state index contributed by atoms with van der Waals surface area (Å²) in [5.74, 6) is -0.176. The number of hydrogen-bond donors (Lipinski definition) is 6. The molecule has 2 heterocycles. The Kier molecular flexibility index (Phi) is 20.9. The Morgan fingerprint density at radius 2 is 0.953 bits per heavy atom. The van der Waals surface area contributed by atoms with E-state index in [4.69, 9.17) is 9.47 Å². The molecule has 4 rings (SSSR count). The quantitative estimate of drug-likeness (QED) is 0.0853. The van der Waals surface area contributed by atoms with Crippen LogP contribution in [0.4, 0.5) is 0 Å². The van der Waals surface area contributed by atoms with Gasteiger partial charge in [0.2, 0.25) is 29.5 Å². The first-order valence-corrected chi connectivity index (χ1v) is 24.8. The van der Waals surface area contributed by atoms with Gasteiger partial charge in [0.05, 0.1) is 56.6 Å². The van der Waals surface area contributed by atoms with E-state index < -0.39 is 23.5 Å². The van der Waals surface area contributed by atoms with Crippen molar-refractivity contribution < 1.29 is 33.4 Å². The van der Waals surface area contributed by atoms with Crippen molar-refractivity contribution in [2.45, 2.75) is 194 Å². The number of likely N-dealkylation sites (tertiary alicyclic amines) is 2. The summed E-state index contributed by atoms with van der Waals surface area (Å²) in [6.07, 6.45) is 13.8. The first-order valence-electron chi connectivity index (χ1n) is 24.8. The molecule has 2 saturated heterocycles. The maximum Gasteiger partial charge on any atom is 0.246 e. The Morgan fingerprint density at radius 3 is 1.36 bits per heavy atom. The first-order chi connectivity index (χ1) is 30.3. The van der Waals surface area contributed by atoms with E-state index in [0.717, 1.165) is 63.5 Å². The first kappa shape index (κ1) is 53.3. The van der Waals surface area contributed by atoms with Crippen LogP contribution in [0.25, 0.3) is 0 Å². The van der Waals surface area contributed by atoms with Crippen LogP contribution in [0.15, 0.2) is 12.3 Å². The van der Waals surface area contributed by atoms with Gasteiger partial charge in [0.25, 0.3) is 0 Å². The fourth-order valence-electron chi connectivity index (χ4n) is 10.0. The van der Waals surface area contributed by atoms with Gasteiger partial charge in [0, 0.05) is 18.8 Å². The Bertz CT molecular complexity index is 1420. The fourth-order valence-corrected chi connectivity index (χ4v) is 10.0. The van der Waals surface area contributed by atoms with Crippen LogP contribution < -0.4 is 31.9 Å². The van der Waals surface area contributed by atoms with Gasteiger partial charge in [-0.15, -0.1) is 0 Å². The molecule has 2 saturated carbocycles. The summed E-state index contributed by atoms with van der Waals surface area (Å²) in [4.78, 5) is 72.0. The van der Waals surface area contributed by atoms with Crippen molar-refractivity contribution in [3.8, 4) is 0 Å². The lowest BCUT2D eigenvalue weighted by atomic mass is 9.83. The molecule has 64 heavy (non-hydrogen) atoms. The lowest BCUT2D eigenvalue weighted by Crippen LogP contribution is -2.60. The van der Waals surface area contributed by atoms with Crippen LogP contribution in [0.1, 0.15) is 145 Å². The van der Waals surface area contributed by atoms with Crippen LogP contribution in [0.5, 0.6) is 0 Å². The van der Waals surface area contributed by atoms with E-state index in [9.17, 15) is 24.0 Å². The second kappa shape index (κ2) is 25.0. The third kappa shape index (κ3) is 15.1. The summed E-state index contributed by atoms with van der Waals surface area (Å²) in [6, 6.07) is -3.25. The lowest BCUT2D eigenvalue weighted by molar-refractivity contribution is -0.144. The number of nitrogens with zero attached hydrogens (tertiary/aromatic N) is 2. The Morgan fingerprint density at radius 1 is 0.562 bits per heavy atom. The van der Waals surface area contributed by atoms with Gasteiger partial charge >= 0.3 is 0 Å². The minimum absolute atomic E-state index is 0.0210. The highest BCUT2D eigenvalue weighted by atomic mass is 16.5. The molecule has 4 fully saturated rings. The van der Waals surface area contributed by atoms with Crippen LogP contribution in [0, 0.1) is 22.7 Å². The average Bonchev–Trinajstić information content (AvgIpc) is 3.98. The van der Waals surface area contributed by atoms with Crippen LogP contribution in [0.3, 0.4) is 0 Å². The van der Waals surface area contributed by atoms with E-state index in [-0.39, 0.29) is 71.1 Å². The molecule has 15 heteroatoms. The molecule has 15 nitrogen and oxygen atoms in total. The number of likely N-dealkylation sites (N-methyl/N-ethyl adjacent to an activating group) is 2. The topological polar surface area (TPSA) is 182 Å². The standard InChI is InChI=1S/C49H88N8O7/c1-32(50-10)43(58)54-41(48(4,5)6)34(3)56-26-18-24-39(56)45(60)52-37(35-20-14-12-15-21-35)30-63-28-29-64-31-38(36-22-16-13-17-23-36)53-46(61)40-25-19-27-57(40)47(62)42(49(7,8)9)55-44(59)33(2)51-11/h32-33,35-42,50-51H,3,12-31H2,1-2,4-11H3,(H,52,60)(H,53,61)(H,54,58)(H,55,59)/t32-,33-,37+,38+,39-,40-,41+,42+/m0/s1. The number of ether oxygens (including phenoxy) is 2. The normalized spacial score (nSPS) is 23.1. The minimum Gasteiger partial charge on any atom is -0.377 e. The molecule has 0 aromatic rings. The number of carbonyl (C=O) groups excluding carboxylic acids is 5. The SMILES string of the molecule is C=C([C@@H](NC(=O)[C@H](C)NC)C(C)(C)C)N1CCC[C@H]1C(=O)N[C@H](COCCOC[C@@H](NC(=O)[C@@H]1CCCN1C(=O)[C@@H](NC(=O)[C@H](C)NC)C(C)(C)C)C1CCCCC1)C1CCCCC1. The molecular formula is C49H88N8O7. The molecule has 5 amide bonds. The van der Waals surface area contributed by atoms with E-state index in [1.165, 1.54) is 12.8 Å². The zero-order valence-electron chi connectivity index (χ0n) is 41.4. The third-order valence-electron chi connectivity index (χ3n) is 14.4. The number of nitrogens with one attached hydrogen (secondary N) is 6. The van der Waals surface area contributed by atoms with Gasteiger partial charge < -0.3 is 51.2 Å². The van der Waals surface area contributed by atoms with Gasteiger partial charge in [0.15, 0.2) is 0 Å². The van der Waals surface area contributed by atoms with Crippen molar-refractivity contribution >= 4 is 29.5 Å². The maximum absolute atomic E-state index is 14.2. The van der Waals surface area contributed by atoms with Gasteiger partial charge in [-0.2, -0.15) is 0 Å². The van der Waals surface area contributed by atoms with Gasteiger partial charge in [-0.05, 0) is 102 Å². The summed E-state index contributed by atoms with van der Waals surface area (Å²) < 4.78 is 12.6. The fraction of sp³-hybridized carbons (Fsp3) is 0.857. The molecule has 0 unspecified atom stereocenters. The van der Waals surface area contributed by atoms with E-state index in [2.05, 4.69) is 64.2 Å². The van der Waals surface area contributed by atoms with E-state index in [1.54, 1.807) is 25.9 Å². The van der Waals surface area contributed by atoms with Gasteiger partial charge in [-0.25, -0.2) is 0 Å². The molecule has 4 aliphatic rings. The average molecular weight is 901 g/mol. The Balaban J connectivity index is 1.35. The van der Waals surface area contributed by atoms with Crippen LogP contribution in [0.2, 0.25) is 0 Å². The molecular weight excluding hydrogens is 813 g/mol. The predicted octanol–water partition coefficient (Wildman–Crippen LogP) is 4.40. The summed E-state index contributed by atoms with van der Waals surface area (Å²) in [5.41, 5.74) is -0.107. The van der Waals surface area contributed by atoms with Crippen molar-refractivity contribution in [3.63, 3.8) is 0 Å². The van der Waals surface area contributed by atoms with Crippen molar-refractivity contribution in [2.24, 2.45) is 22.7 Å². The largest absolute Gasteiger partial charge is 0.377 e. The monoisotopic (exact) mass is 901 g/mol. The second-order valence-electron chi connectivity index (χ2n) is 21.3. The lowest BCUT2D eigenvalue weighted by Gasteiger charge is -2.40. The summed E-state index contributed by atoms with van der Waals surface area (Å²) in [6.45, 7) is 22.7. The van der Waals surface area contributed by atoms with Crippen molar-refractivity contribution in [1.29, 1.82) is 0 Å².